The lowest BCUT2D eigenvalue weighted by Gasteiger charge is -2.30. The summed E-state index contributed by atoms with van der Waals surface area (Å²) in [6.45, 7) is 4.10. The second kappa shape index (κ2) is 7.88. The van der Waals surface area contributed by atoms with Crippen LogP contribution in [0.25, 0.3) is 0 Å². The monoisotopic (exact) mass is 351 g/mol. The van der Waals surface area contributed by atoms with Crippen LogP contribution >= 0.6 is 0 Å². The van der Waals surface area contributed by atoms with Crippen molar-refractivity contribution in [1.29, 1.82) is 0 Å². The number of ether oxygens (including phenoxy) is 2. The minimum absolute atomic E-state index is 0.0858. The Kier molecular flexibility index (Phi) is 5.60. The van der Waals surface area contributed by atoms with E-state index in [-0.39, 0.29) is 18.1 Å². The SMILES string of the molecule is C[C@H]1COC2=CC(C(=O)NO)CC=C2CN1C(=O)NC1CCOCC1. The van der Waals surface area contributed by atoms with Gasteiger partial charge in [-0.1, -0.05) is 6.08 Å². The maximum atomic E-state index is 12.7. The lowest BCUT2D eigenvalue weighted by atomic mass is 9.94. The van der Waals surface area contributed by atoms with Gasteiger partial charge in [-0.3, -0.25) is 10.0 Å². The van der Waals surface area contributed by atoms with E-state index in [1.165, 1.54) is 0 Å². The Morgan fingerprint density at radius 1 is 1.32 bits per heavy atom. The van der Waals surface area contributed by atoms with E-state index in [1.807, 2.05) is 13.0 Å². The molecule has 2 fully saturated rings. The van der Waals surface area contributed by atoms with Gasteiger partial charge in [-0.05, 0) is 32.3 Å². The van der Waals surface area contributed by atoms with Crippen LogP contribution in [0.4, 0.5) is 4.79 Å². The van der Waals surface area contributed by atoms with Gasteiger partial charge in [0.05, 0.1) is 18.5 Å². The second-order valence-electron chi connectivity index (χ2n) is 6.70. The predicted molar refractivity (Wildman–Crippen MR) is 88.7 cm³/mol. The maximum absolute atomic E-state index is 12.7. The van der Waals surface area contributed by atoms with Crippen molar-refractivity contribution >= 4 is 11.9 Å². The smallest absolute Gasteiger partial charge is 0.318 e. The van der Waals surface area contributed by atoms with Crippen molar-refractivity contribution in [2.24, 2.45) is 5.92 Å². The van der Waals surface area contributed by atoms with Crippen molar-refractivity contribution in [2.75, 3.05) is 26.4 Å². The van der Waals surface area contributed by atoms with E-state index >= 15 is 0 Å². The summed E-state index contributed by atoms with van der Waals surface area (Å²) in [6.07, 6.45) is 5.75. The summed E-state index contributed by atoms with van der Waals surface area (Å²) in [5, 5.41) is 11.9. The standard InChI is InChI=1S/C17H25N3O5/c1-11-10-25-15-8-12(16(21)19-23)2-3-13(15)9-20(11)17(22)18-14-4-6-24-7-5-14/h3,8,11-12,14,23H,2,4-7,9-10H2,1H3,(H,18,22)(H,19,21)/t11-,12?/m0/s1. The molecule has 1 unspecified atom stereocenters. The van der Waals surface area contributed by atoms with Gasteiger partial charge in [-0.15, -0.1) is 0 Å². The fraction of sp³-hybridized carbons (Fsp3) is 0.647. The molecule has 2 aliphatic heterocycles. The van der Waals surface area contributed by atoms with Crippen molar-refractivity contribution in [3.05, 3.63) is 23.5 Å². The molecule has 0 radical (unpaired) electrons. The summed E-state index contributed by atoms with van der Waals surface area (Å²) in [5.41, 5.74) is 2.57. The van der Waals surface area contributed by atoms with E-state index < -0.39 is 11.8 Å². The molecule has 0 bridgehead atoms. The minimum Gasteiger partial charge on any atom is -0.491 e. The summed E-state index contributed by atoms with van der Waals surface area (Å²) in [7, 11) is 0. The number of carbonyl (C=O) groups is 2. The largest absolute Gasteiger partial charge is 0.491 e. The fourth-order valence-corrected chi connectivity index (χ4v) is 3.29. The molecule has 8 nitrogen and oxygen atoms in total. The predicted octanol–water partition coefficient (Wildman–Crippen LogP) is 0.931. The van der Waals surface area contributed by atoms with Crippen LogP contribution in [0.3, 0.4) is 0 Å². The van der Waals surface area contributed by atoms with Crippen LogP contribution in [0.15, 0.2) is 23.5 Å². The van der Waals surface area contributed by atoms with Gasteiger partial charge in [0.1, 0.15) is 12.4 Å². The Bertz CT molecular complexity index is 583. The van der Waals surface area contributed by atoms with Crippen molar-refractivity contribution < 1.29 is 24.3 Å². The number of allylic oxidation sites excluding steroid dienone is 1. The molecule has 8 heteroatoms. The fourth-order valence-electron chi connectivity index (χ4n) is 3.29. The van der Waals surface area contributed by atoms with E-state index in [0.29, 0.717) is 38.5 Å². The molecular formula is C17H25N3O5. The topological polar surface area (TPSA) is 100 Å². The Morgan fingerprint density at radius 3 is 2.80 bits per heavy atom. The number of carbonyl (C=O) groups excluding carboxylic acids is 2. The summed E-state index contributed by atoms with van der Waals surface area (Å²) < 4.78 is 11.1. The molecule has 3 aliphatic rings. The zero-order valence-corrected chi connectivity index (χ0v) is 14.4. The molecular weight excluding hydrogens is 326 g/mol. The summed E-state index contributed by atoms with van der Waals surface area (Å²) in [6, 6.07) is -0.0386. The van der Waals surface area contributed by atoms with Crippen LogP contribution in [0.1, 0.15) is 26.2 Å². The van der Waals surface area contributed by atoms with Gasteiger partial charge in [-0.2, -0.15) is 0 Å². The highest BCUT2D eigenvalue weighted by Gasteiger charge is 2.31. The molecule has 1 aliphatic carbocycles. The van der Waals surface area contributed by atoms with Gasteiger partial charge in [0.15, 0.2) is 0 Å². The van der Waals surface area contributed by atoms with Crippen LogP contribution in [0.5, 0.6) is 0 Å². The number of nitrogens with zero attached hydrogens (tertiary/aromatic N) is 1. The van der Waals surface area contributed by atoms with Crippen molar-refractivity contribution in [1.82, 2.24) is 15.7 Å². The van der Waals surface area contributed by atoms with Crippen LogP contribution in [-0.2, 0) is 14.3 Å². The van der Waals surface area contributed by atoms with Gasteiger partial charge in [0, 0.05) is 24.8 Å². The molecule has 3 N–H and O–H groups in total. The molecule has 0 spiro atoms. The molecule has 2 atom stereocenters. The summed E-state index contributed by atoms with van der Waals surface area (Å²) in [4.78, 5) is 26.1. The lowest BCUT2D eigenvalue weighted by molar-refractivity contribution is -0.131. The van der Waals surface area contributed by atoms with Gasteiger partial charge < -0.3 is 19.7 Å². The third kappa shape index (κ3) is 4.13. The van der Waals surface area contributed by atoms with Gasteiger partial charge >= 0.3 is 6.03 Å². The lowest BCUT2D eigenvalue weighted by Crippen LogP contribution is -2.50. The van der Waals surface area contributed by atoms with Crippen LogP contribution in [0, 0.1) is 5.92 Å². The third-order valence-corrected chi connectivity index (χ3v) is 4.90. The van der Waals surface area contributed by atoms with Crippen LogP contribution in [-0.4, -0.2) is 60.5 Å². The average molecular weight is 351 g/mol. The first-order valence-corrected chi connectivity index (χ1v) is 8.71. The number of fused-ring (bicyclic) bond motifs is 1. The molecule has 25 heavy (non-hydrogen) atoms. The first-order chi connectivity index (χ1) is 12.1. The van der Waals surface area contributed by atoms with Gasteiger partial charge in [-0.25, -0.2) is 10.3 Å². The van der Waals surface area contributed by atoms with E-state index in [0.717, 1.165) is 18.4 Å². The summed E-state index contributed by atoms with van der Waals surface area (Å²) >= 11 is 0. The number of hydroxylamine groups is 1. The van der Waals surface area contributed by atoms with E-state index in [1.54, 1.807) is 16.5 Å². The van der Waals surface area contributed by atoms with Crippen molar-refractivity contribution in [3.63, 3.8) is 0 Å². The quantitative estimate of drug-likeness (QED) is 0.508. The zero-order chi connectivity index (χ0) is 17.8. The maximum Gasteiger partial charge on any atom is 0.318 e. The number of amides is 3. The first-order valence-electron chi connectivity index (χ1n) is 8.71. The Morgan fingerprint density at radius 2 is 2.08 bits per heavy atom. The first kappa shape index (κ1) is 17.8. The Labute approximate surface area is 146 Å². The molecule has 0 saturated carbocycles. The minimum atomic E-state index is -0.460. The molecule has 2 heterocycles. The molecule has 3 amide bonds. The van der Waals surface area contributed by atoms with Crippen molar-refractivity contribution in [2.45, 2.75) is 38.3 Å². The average Bonchev–Trinajstić information content (AvgIpc) is 2.80. The molecule has 0 aromatic carbocycles. The number of rotatable bonds is 2. The Balaban J connectivity index is 1.67. The van der Waals surface area contributed by atoms with Crippen LogP contribution in [0.2, 0.25) is 0 Å². The summed E-state index contributed by atoms with van der Waals surface area (Å²) in [5.74, 6) is -0.299. The molecule has 0 aromatic rings. The Hall–Kier alpha value is -2.06. The van der Waals surface area contributed by atoms with Crippen LogP contribution < -0.4 is 10.8 Å². The van der Waals surface area contributed by atoms with E-state index in [2.05, 4.69) is 5.32 Å². The highest BCUT2D eigenvalue weighted by Crippen LogP contribution is 2.28. The number of hydrogen-bond donors (Lipinski definition) is 3. The van der Waals surface area contributed by atoms with E-state index in [4.69, 9.17) is 14.7 Å². The van der Waals surface area contributed by atoms with Gasteiger partial charge in [0.25, 0.3) is 5.91 Å². The highest BCUT2D eigenvalue weighted by molar-refractivity contribution is 5.80. The molecule has 3 rings (SSSR count). The second-order valence-corrected chi connectivity index (χ2v) is 6.70. The van der Waals surface area contributed by atoms with Gasteiger partial charge in [0.2, 0.25) is 0 Å². The number of urea groups is 1. The number of nitrogens with one attached hydrogen (secondary N) is 2. The molecule has 138 valence electrons. The number of hydrogen-bond acceptors (Lipinski definition) is 5. The zero-order valence-electron chi connectivity index (χ0n) is 14.4. The molecule has 0 aromatic heterocycles. The highest BCUT2D eigenvalue weighted by atomic mass is 16.5. The van der Waals surface area contributed by atoms with Crippen molar-refractivity contribution in [3.8, 4) is 0 Å². The third-order valence-electron chi connectivity index (χ3n) is 4.90. The normalized spacial score (nSPS) is 27.2. The molecule has 2 saturated heterocycles. The van der Waals surface area contributed by atoms with E-state index in [9.17, 15) is 9.59 Å².